The fourth-order valence-electron chi connectivity index (χ4n) is 1.26. The van der Waals surface area contributed by atoms with Crippen molar-refractivity contribution < 1.29 is 14.3 Å². The first-order valence-corrected chi connectivity index (χ1v) is 6.42. The van der Waals surface area contributed by atoms with Crippen molar-refractivity contribution in [2.24, 2.45) is 5.92 Å². The molecular weight excluding hydrogens is 298 g/mol. The second kappa shape index (κ2) is 6.54. The summed E-state index contributed by atoms with van der Waals surface area (Å²) in [6.45, 7) is 5.07. The van der Waals surface area contributed by atoms with Crippen LogP contribution >= 0.6 is 15.9 Å². The van der Waals surface area contributed by atoms with Gasteiger partial charge in [-0.2, -0.15) is 0 Å². The maximum Gasteiger partial charge on any atom is 0.308 e. The summed E-state index contributed by atoms with van der Waals surface area (Å²) < 4.78 is 5.79. The fourth-order valence-corrected chi connectivity index (χ4v) is 1.73. The van der Waals surface area contributed by atoms with E-state index in [4.69, 9.17) is 4.74 Å². The highest BCUT2D eigenvalue weighted by Crippen LogP contribution is 2.19. The molecule has 1 rings (SSSR count). The molecule has 0 saturated heterocycles. The lowest BCUT2D eigenvalue weighted by Gasteiger charge is -2.10. The van der Waals surface area contributed by atoms with Gasteiger partial charge in [0.25, 0.3) is 5.91 Å². The van der Waals surface area contributed by atoms with Gasteiger partial charge in [-0.25, -0.2) is 0 Å². The van der Waals surface area contributed by atoms with Gasteiger partial charge in [-0.05, 0) is 30.7 Å². The highest BCUT2D eigenvalue weighted by atomic mass is 79.9. The molecule has 0 radical (unpaired) electrons. The lowest BCUT2D eigenvalue weighted by molar-refractivity contribution is -0.150. The highest BCUT2D eigenvalue weighted by Gasteiger charge is 2.11. The first-order chi connectivity index (χ1) is 8.40. The predicted octanol–water partition coefficient (Wildman–Crippen LogP) is 2.90. The topological polar surface area (TPSA) is 55.4 Å². The molecule has 1 aromatic rings. The third kappa shape index (κ3) is 4.49. The first kappa shape index (κ1) is 14.7. The molecule has 98 valence electrons. The molecule has 0 heterocycles. The van der Waals surface area contributed by atoms with Gasteiger partial charge in [-0.1, -0.05) is 29.8 Å². The number of benzene rings is 1. The summed E-state index contributed by atoms with van der Waals surface area (Å²) in [5.41, 5.74) is 1.65. The molecule has 0 aliphatic rings. The van der Waals surface area contributed by atoms with E-state index in [9.17, 15) is 9.59 Å². The van der Waals surface area contributed by atoms with Gasteiger partial charge in [0.2, 0.25) is 0 Å². The molecule has 5 heteroatoms. The molecule has 0 bridgehead atoms. The Labute approximate surface area is 115 Å². The summed E-state index contributed by atoms with van der Waals surface area (Å²) in [4.78, 5) is 22.8. The summed E-state index contributed by atoms with van der Waals surface area (Å²) in [7, 11) is 0. The average Bonchev–Trinajstić information content (AvgIpc) is 2.29. The highest BCUT2D eigenvalue weighted by molar-refractivity contribution is 9.10. The first-order valence-electron chi connectivity index (χ1n) is 5.62. The minimum absolute atomic E-state index is 0.229. The average molecular weight is 314 g/mol. The van der Waals surface area contributed by atoms with Crippen LogP contribution in [0.2, 0.25) is 0 Å². The Hall–Kier alpha value is -1.36. The van der Waals surface area contributed by atoms with Crippen LogP contribution in [0.5, 0.6) is 0 Å². The fraction of sp³-hybridized carbons (Fsp3) is 0.385. The second-order valence-electron chi connectivity index (χ2n) is 4.27. The standard InChI is InChI=1S/C13H16BrNO3/c1-8(2)13(17)18-7-12(16)15-11-5-4-10(14)6-9(11)3/h4-6,8H,7H2,1-3H3,(H,15,16). The van der Waals surface area contributed by atoms with Gasteiger partial charge in [0.05, 0.1) is 5.92 Å². The molecule has 1 amide bonds. The van der Waals surface area contributed by atoms with Crippen LogP contribution in [0.15, 0.2) is 22.7 Å². The van der Waals surface area contributed by atoms with Crippen molar-refractivity contribution in [2.45, 2.75) is 20.8 Å². The largest absolute Gasteiger partial charge is 0.455 e. The Morgan fingerprint density at radius 1 is 1.39 bits per heavy atom. The van der Waals surface area contributed by atoms with Gasteiger partial charge < -0.3 is 10.1 Å². The van der Waals surface area contributed by atoms with Crippen LogP contribution in [-0.2, 0) is 14.3 Å². The summed E-state index contributed by atoms with van der Waals surface area (Å²) >= 11 is 3.35. The molecular formula is C13H16BrNO3. The van der Waals surface area contributed by atoms with Gasteiger partial charge >= 0.3 is 5.97 Å². The Balaban J connectivity index is 2.52. The summed E-state index contributed by atoms with van der Waals surface area (Å²) in [5, 5.41) is 2.69. The maximum atomic E-state index is 11.6. The summed E-state index contributed by atoms with van der Waals surface area (Å²) in [6.07, 6.45) is 0. The normalized spacial score (nSPS) is 10.3. The number of carbonyl (C=O) groups excluding carboxylic acids is 2. The number of carbonyl (C=O) groups is 2. The smallest absolute Gasteiger partial charge is 0.308 e. The van der Waals surface area contributed by atoms with E-state index in [0.29, 0.717) is 5.69 Å². The number of rotatable bonds is 4. The molecule has 0 fully saturated rings. The Bertz CT molecular complexity index is 458. The van der Waals surface area contributed by atoms with E-state index in [-0.39, 0.29) is 24.4 Å². The number of halogens is 1. The predicted molar refractivity (Wildman–Crippen MR) is 73.3 cm³/mol. The number of esters is 1. The molecule has 0 aromatic heterocycles. The van der Waals surface area contributed by atoms with Crippen LogP contribution in [0.4, 0.5) is 5.69 Å². The number of aryl methyl sites for hydroxylation is 1. The molecule has 0 aliphatic heterocycles. The van der Waals surface area contributed by atoms with Gasteiger partial charge in [-0.3, -0.25) is 9.59 Å². The number of nitrogens with one attached hydrogen (secondary N) is 1. The summed E-state index contributed by atoms with van der Waals surface area (Å²) in [6, 6.07) is 5.53. The molecule has 4 nitrogen and oxygen atoms in total. The molecule has 0 aliphatic carbocycles. The summed E-state index contributed by atoms with van der Waals surface area (Å²) in [5.74, 6) is -0.945. The minimum Gasteiger partial charge on any atom is -0.455 e. The molecule has 0 spiro atoms. The molecule has 1 N–H and O–H groups in total. The van der Waals surface area contributed by atoms with Crippen molar-refractivity contribution in [3.05, 3.63) is 28.2 Å². The number of hydrogen-bond acceptors (Lipinski definition) is 3. The van der Waals surface area contributed by atoms with E-state index in [1.54, 1.807) is 19.9 Å². The van der Waals surface area contributed by atoms with Crippen LogP contribution < -0.4 is 5.32 Å². The lowest BCUT2D eigenvalue weighted by atomic mass is 10.2. The zero-order valence-corrected chi connectivity index (χ0v) is 12.2. The van der Waals surface area contributed by atoms with Crippen LogP contribution in [0.25, 0.3) is 0 Å². The van der Waals surface area contributed by atoms with E-state index in [0.717, 1.165) is 10.0 Å². The Morgan fingerprint density at radius 2 is 2.06 bits per heavy atom. The third-order valence-electron chi connectivity index (χ3n) is 2.28. The van der Waals surface area contributed by atoms with Crippen molar-refractivity contribution in [3.8, 4) is 0 Å². The molecule has 0 saturated carbocycles. The molecule has 1 aromatic carbocycles. The molecule has 0 unspecified atom stereocenters. The van der Waals surface area contributed by atoms with Crippen LogP contribution in [0, 0.1) is 12.8 Å². The number of amides is 1. The van der Waals surface area contributed by atoms with Crippen LogP contribution in [-0.4, -0.2) is 18.5 Å². The van der Waals surface area contributed by atoms with Crippen molar-refractivity contribution in [3.63, 3.8) is 0 Å². The lowest BCUT2D eigenvalue weighted by Crippen LogP contribution is -2.23. The van der Waals surface area contributed by atoms with E-state index in [2.05, 4.69) is 21.2 Å². The Kier molecular flexibility index (Phi) is 5.34. The maximum absolute atomic E-state index is 11.6. The van der Waals surface area contributed by atoms with Gasteiger partial charge in [-0.15, -0.1) is 0 Å². The van der Waals surface area contributed by atoms with Crippen molar-refractivity contribution >= 4 is 33.5 Å². The van der Waals surface area contributed by atoms with Crippen LogP contribution in [0.1, 0.15) is 19.4 Å². The van der Waals surface area contributed by atoms with Gasteiger partial charge in [0.1, 0.15) is 0 Å². The molecule has 18 heavy (non-hydrogen) atoms. The quantitative estimate of drug-likeness (QED) is 0.870. The SMILES string of the molecule is Cc1cc(Br)ccc1NC(=O)COC(=O)C(C)C. The van der Waals surface area contributed by atoms with Crippen LogP contribution in [0.3, 0.4) is 0 Å². The number of ether oxygens (including phenoxy) is 1. The third-order valence-corrected chi connectivity index (χ3v) is 2.77. The van der Waals surface area contributed by atoms with Crippen molar-refractivity contribution in [2.75, 3.05) is 11.9 Å². The van der Waals surface area contributed by atoms with Crippen molar-refractivity contribution in [1.29, 1.82) is 0 Å². The minimum atomic E-state index is -0.377. The zero-order chi connectivity index (χ0) is 13.7. The van der Waals surface area contributed by atoms with Gasteiger partial charge in [0.15, 0.2) is 6.61 Å². The van der Waals surface area contributed by atoms with Gasteiger partial charge in [0, 0.05) is 10.2 Å². The van der Waals surface area contributed by atoms with E-state index in [1.165, 1.54) is 0 Å². The zero-order valence-electron chi connectivity index (χ0n) is 10.6. The van der Waals surface area contributed by atoms with E-state index in [1.807, 2.05) is 19.1 Å². The number of hydrogen-bond donors (Lipinski definition) is 1. The number of anilines is 1. The molecule has 0 atom stereocenters. The Morgan fingerprint density at radius 3 is 2.61 bits per heavy atom. The monoisotopic (exact) mass is 313 g/mol. The van der Waals surface area contributed by atoms with E-state index >= 15 is 0 Å². The second-order valence-corrected chi connectivity index (χ2v) is 5.19. The van der Waals surface area contributed by atoms with E-state index < -0.39 is 0 Å². The van der Waals surface area contributed by atoms with Crippen molar-refractivity contribution in [1.82, 2.24) is 0 Å².